The maximum Gasteiger partial charge on any atom is 0.220 e. The summed E-state index contributed by atoms with van der Waals surface area (Å²) in [5.74, 6) is 0.462. The molecule has 0 heterocycles. The van der Waals surface area contributed by atoms with Crippen LogP contribution in [0.25, 0.3) is 0 Å². The first-order valence-electron chi connectivity index (χ1n) is 6.79. The highest BCUT2D eigenvalue weighted by atomic mass is 35.5. The van der Waals surface area contributed by atoms with Crippen LogP contribution in [-0.4, -0.2) is 19.0 Å². The fraction of sp³-hybridized carbons (Fsp3) is 0.533. The Kier molecular flexibility index (Phi) is 10.2. The molecule has 0 spiro atoms. The van der Waals surface area contributed by atoms with Crippen molar-refractivity contribution in [2.75, 3.05) is 13.1 Å². The molecule has 0 saturated heterocycles. The van der Waals surface area contributed by atoms with Gasteiger partial charge in [-0.15, -0.1) is 12.4 Å². The summed E-state index contributed by atoms with van der Waals surface area (Å²) in [4.78, 5) is 11.8. The van der Waals surface area contributed by atoms with Crippen LogP contribution >= 0.6 is 12.4 Å². The molecule has 0 aliphatic rings. The minimum absolute atomic E-state index is 0. The molecule has 0 saturated carbocycles. The van der Waals surface area contributed by atoms with Crippen molar-refractivity contribution in [2.45, 2.75) is 38.5 Å². The predicted molar refractivity (Wildman–Crippen MR) is 82.6 cm³/mol. The Morgan fingerprint density at radius 2 is 1.95 bits per heavy atom. The van der Waals surface area contributed by atoms with E-state index >= 15 is 0 Å². The fourth-order valence-corrected chi connectivity index (χ4v) is 2.02. The molecule has 19 heavy (non-hydrogen) atoms. The quantitative estimate of drug-likeness (QED) is 0.721. The van der Waals surface area contributed by atoms with Crippen LogP contribution in [0, 0.1) is 0 Å². The molecule has 1 aromatic carbocycles. The van der Waals surface area contributed by atoms with E-state index in [1.165, 1.54) is 5.56 Å². The number of amides is 1. The van der Waals surface area contributed by atoms with E-state index in [2.05, 4.69) is 24.4 Å². The lowest BCUT2D eigenvalue weighted by molar-refractivity contribution is -0.121. The third-order valence-electron chi connectivity index (χ3n) is 3.15. The molecule has 3 N–H and O–H groups in total. The van der Waals surface area contributed by atoms with Gasteiger partial charge in [-0.3, -0.25) is 4.79 Å². The molecule has 4 heteroatoms. The Balaban J connectivity index is 0.00000324. The molecule has 1 unspecified atom stereocenters. The molecule has 0 bridgehead atoms. The average molecular weight is 285 g/mol. The van der Waals surface area contributed by atoms with Gasteiger partial charge in [0.05, 0.1) is 0 Å². The average Bonchev–Trinajstić information content (AvgIpc) is 2.42. The highest BCUT2D eigenvalue weighted by Gasteiger charge is 2.13. The van der Waals surface area contributed by atoms with E-state index in [0.29, 0.717) is 18.9 Å². The third-order valence-corrected chi connectivity index (χ3v) is 3.15. The third kappa shape index (κ3) is 7.19. The van der Waals surface area contributed by atoms with Crippen LogP contribution in [0.3, 0.4) is 0 Å². The summed E-state index contributed by atoms with van der Waals surface area (Å²) in [5, 5.41) is 2.96. The Morgan fingerprint density at radius 3 is 2.53 bits per heavy atom. The summed E-state index contributed by atoms with van der Waals surface area (Å²) in [5.41, 5.74) is 6.66. The lowest BCUT2D eigenvalue weighted by Crippen LogP contribution is -2.26. The second-order valence-corrected chi connectivity index (χ2v) is 4.57. The van der Waals surface area contributed by atoms with Gasteiger partial charge in [0.25, 0.3) is 0 Å². The Hall–Kier alpha value is -1.06. The van der Waals surface area contributed by atoms with Crippen LogP contribution in [0.5, 0.6) is 0 Å². The second kappa shape index (κ2) is 10.8. The number of unbranched alkanes of at least 4 members (excludes halogenated alkanes) is 1. The zero-order chi connectivity index (χ0) is 13.2. The van der Waals surface area contributed by atoms with Gasteiger partial charge >= 0.3 is 0 Å². The molecular weight excluding hydrogens is 260 g/mol. The van der Waals surface area contributed by atoms with E-state index in [-0.39, 0.29) is 18.3 Å². The standard InChI is InChI=1S/C15H24N2O.ClH/c1-2-13(14-8-4-3-5-9-14)12-15(18)17-11-7-6-10-16;/h3-5,8-9,13H,2,6-7,10-12,16H2,1H3,(H,17,18);1H. The first-order valence-corrected chi connectivity index (χ1v) is 6.79. The van der Waals surface area contributed by atoms with Gasteiger partial charge in [-0.05, 0) is 37.3 Å². The number of nitrogens with two attached hydrogens (primary N) is 1. The molecule has 0 radical (unpaired) electrons. The van der Waals surface area contributed by atoms with Crippen LogP contribution in [0.2, 0.25) is 0 Å². The van der Waals surface area contributed by atoms with Crippen molar-refractivity contribution < 1.29 is 4.79 Å². The van der Waals surface area contributed by atoms with Crippen molar-refractivity contribution >= 4 is 18.3 Å². The molecule has 0 aliphatic heterocycles. The van der Waals surface area contributed by atoms with Crippen molar-refractivity contribution in [1.29, 1.82) is 0 Å². The summed E-state index contributed by atoms with van der Waals surface area (Å²) in [7, 11) is 0. The minimum atomic E-state index is 0. The Labute approximate surface area is 122 Å². The topological polar surface area (TPSA) is 55.1 Å². The molecule has 108 valence electrons. The summed E-state index contributed by atoms with van der Waals surface area (Å²) in [6.07, 6.45) is 3.49. The van der Waals surface area contributed by atoms with E-state index in [9.17, 15) is 4.79 Å². The summed E-state index contributed by atoms with van der Waals surface area (Å²) in [6, 6.07) is 10.2. The summed E-state index contributed by atoms with van der Waals surface area (Å²) >= 11 is 0. The molecule has 1 aromatic rings. The SMILES string of the molecule is CCC(CC(=O)NCCCCN)c1ccccc1.Cl. The van der Waals surface area contributed by atoms with Crippen molar-refractivity contribution in [1.82, 2.24) is 5.32 Å². The van der Waals surface area contributed by atoms with Gasteiger partial charge in [0, 0.05) is 13.0 Å². The van der Waals surface area contributed by atoms with Crippen molar-refractivity contribution in [2.24, 2.45) is 5.73 Å². The Bertz CT molecular complexity index is 343. The van der Waals surface area contributed by atoms with Crippen LogP contribution in [0.15, 0.2) is 30.3 Å². The van der Waals surface area contributed by atoms with Crippen molar-refractivity contribution in [3.8, 4) is 0 Å². The number of carbonyl (C=O) groups is 1. The lowest BCUT2D eigenvalue weighted by Gasteiger charge is -2.15. The fourth-order valence-electron chi connectivity index (χ4n) is 2.02. The van der Waals surface area contributed by atoms with E-state index in [0.717, 1.165) is 25.8 Å². The van der Waals surface area contributed by atoms with Crippen molar-refractivity contribution in [3.63, 3.8) is 0 Å². The van der Waals surface area contributed by atoms with Gasteiger partial charge in [-0.2, -0.15) is 0 Å². The maximum atomic E-state index is 11.8. The largest absolute Gasteiger partial charge is 0.356 e. The van der Waals surface area contributed by atoms with E-state index in [4.69, 9.17) is 5.73 Å². The van der Waals surface area contributed by atoms with Gasteiger partial charge in [-0.25, -0.2) is 0 Å². The van der Waals surface area contributed by atoms with Crippen LogP contribution in [-0.2, 0) is 4.79 Å². The van der Waals surface area contributed by atoms with Crippen LogP contribution in [0.1, 0.15) is 44.1 Å². The smallest absolute Gasteiger partial charge is 0.220 e. The number of halogens is 1. The summed E-state index contributed by atoms with van der Waals surface area (Å²) in [6.45, 7) is 3.55. The van der Waals surface area contributed by atoms with Gasteiger partial charge < -0.3 is 11.1 Å². The molecule has 3 nitrogen and oxygen atoms in total. The molecule has 1 amide bonds. The van der Waals surface area contributed by atoms with Gasteiger partial charge in [0.1, 0.15) is 0 Å². The normalized spacial score (nSPS) is 11.5. The first-order chi connectivity index (χ1) is 8.77. The number of nitrogens with one attached hydrogen (secondary N) is 1. The molecule has 0 fully saturated rings. The minimum Gasteiger partial charge on any atom is -0.356 e. The van der Waals surface area contributed by atoms with Gasteiger partial charge in [0.2, 0.25) is 5.91 Å². The highest BCUT2D eigenvalue weighted by molar-refractivity contribution is 5.85. The molecule has 1 rings (SSSR count). The van der Waals surface area contributed by atoms with Crippen LogP contribution in [0.4, 0.5) is 0 Å². The number of benzene rings is 1. The second-order valence-electron chi connectivity index (χ2n) is 4.57. The molecule has 0 aliphatic carbocycles. The van der Waals surface area contributed by atoms with E-state index in [1.807, 2.05) is 18.2 Å². The van der Waals surface area contributed by atoms with E-state index < -0.39 is 0 Å². The monoisotopic (exact) mass is 284 g/mol. The predicted octanol–water partition coefficient (Wildman–Crippen LogP) is 2.85. The lowest BCUT2D eigenvalue weighted by atomic mass is 9.93. The summed E-state index contributed by atoms with van der Waals surface area (Å²) < 4.78 is 0. The molecule has 0 aromatic heterocycles. The molecular formula is C15H25ClN2O. The Morgan fingerprint density at radius 1 is 1.26 bits per heavy atom. The zero-order valence-corrected chi connectivity index (χ0v) is 12.4. The molecule has 1 atom stereocenters. The van der Waals surface area contributed by atoms with E-state index in [1.54, 1.807) is 0 Å². The van der Waals surface area contributed by atoms with Gasteiger partial charge in [0.15, 0.2) is 0 Å². The number of carbonyl (C=O) groups excluding carboxylic acids is 1. The van der Waals surface area contributed by atoms with Gasteiger partial charge in [-0.1, -0.05) is 37.3 Å². The van der Waals surface area contributed by atoms with Crippen LogP contribution < -0.4 is 11.1 Å². The highest BCUT2D eigenvalue weighted by Crippen LogP contribution is 2.22. The maximum absolute atomic E-state index is 11.8. The number of hydrogen-bond acceptors (Lipinski definition) is 2. The number of rotatable bonds is 8. The van der Waals surface area contributed by atoms with Crippen molar-refractivity contribution in [3.05, 3.63) is 35.9 Å². The first kappa shape index (κ1) is 17.9. The number of hydrogen-bond donors (Lipinski definition) is 2. The zero-order valence-electron chi connectivity index (χ0n) is 11.6.